The first-order valence-corrected chi connectivity index (χ1v) is 12.1. The van der Waals surface area contributed by atoms with Crippen molar-refractivity contribution in [1.82, 2.24) is 14.9 Å². The lowest BCUT2D eigenvalue weighted by Gasteiger charge is -2.19. The highest BCUT2D eigenvalue weighted by Gasteiger charge is 2.30. The quantitative estimate of drug-likeness (QED) is 0.656. The van der Waals surface area contributed by atoms with E-state index in [1.807, 2.05) is 30.3 Å². The van der Waals surface area contributed by atoms with Crippen molar-refractivity contribution in [2.45, 2.75) is 49.1 Å². The van der Waals surface area contributed by atoms with Crippen LogP contribution in [-0.4, -0.2) is 49.7 Å². The van der Waals surface area contributed by atoms with Gasteiger partial charge in [-0.25, -0.2) is 8.42 Å². The molecule has 2 N–H and O–H groups in total. The largest absolute Gasteiger partial charge is 0.352 e. The molecule has 7 nitrogen and oxygen atoms in total. The third-order valence-electron chi connectivity index (χ3n) is 5.65. The molecule has 2 amide bonds. The Bertz CT molecular complexity index is 1030. The van der Waals surface area contributed by atoms with Gasteiger partial charge in [-0.2, -0.15) is 4.31 Å². The fourth-order valence-corrected chi connectivity index (χ4v) is 5.20. The highest BCUT2D eigenvalue weighted by molar-refractivity contribution is 7.89. The predicted molar refractivity (Wildman–Crippen MR) is 117 cm³/mol. The molecule has 4 rings (SSSR count). The second-order valence-corrected chi connectivity index (χ2v) is 10.1. The van der Waals surface area contributed by atoms with E-state index < -0.39 is 22.0 Å². The van der Waals surface area contributed by atoms with Gasteiger partial charge < -0.3 is 10.6 Å². The normalized spacial score (nSPS) is 17.8. The summed E-state index contributed by atoms with van der Waals surface area (Å²) in [5.41, 5.74) is 1.27. The van der Waals surface area contributed by atoms with E-state index in [1.165, 1.54) is 28.6 Å². The van der Waals surface area contributed by atoms with Crippen LogP contribution in [0.3, 0.4) is 0 Å². The van der Waals surface area contributed by atoms with Crippen LogP contribution in [0.1, 0.15) is 41.6 Å². The van der Waals surface area contributed by atoms with Crippen LogP contribution in [0.4, 0.5) is 0 Å². The van der Waals surface area contributed by atoms with Crippen molar-refractivity contribution in [1.29, 1.82) is 0 Å². The van der Waals surface area contributed by atoms with Crippen LogP contribution in [0.2, 0.25) is 0 Å². The van der Waals surface area contributed by atoms with Gasteiger partial charge in [-0.15, -0.1) is 0 Å². The summed E-state index contributed by atoms with van der Waals surface area (Å²) < 4.78 is 26.8. The average Bonchev–Trinajstić information content (AvgIpc) is 3.40. The molecular formula is C23H27N3O4S. The van der Waals surface area contributed by atoms with Gasteiger partial charge >= 0.3 is 0 Å². The van der Waals surface area contributed by atoms with E-state index in [0.717, 1.165) is 31.2 Å². The molecule has 2 aromatic carbocycles. The first kappa shape index (κ1) is 21.5. The number of benzene rings is 2. The summed E-state index contributed by atoms with van der Waals surface area (Å²) in [5, 5.41) is 5.77. The minimum absolute atomic E-state index is 0.179. The Labute approximate surface area is 182 Å². The van der Waals surface area contributed by atoms with Crippen molar-refractivity contribution in [2.24, 2.45) is 0 Å². The lowest BCUT2D eigenvalue weighted by Crippen LogP contribution is -2.48. The maximum Gasteiger partial charge on any atom is 0.251 e. The Balaban J connectivity index is 1.46. The molecule has 0 spiro atoms. The van der Waals surface area contributed by atoms with Crippen LogP contribution in [0, 0.1) is 0 Å². The number of hydrogen-bond acceptors (Lipinski definition) is 4. The van der Waals surface area contributed by atoms with Crippen LogP contribution >= 0.6 is 0 Å². The van der Waals surface area contributed by atoms with Crippen LogP contribution in [0.25, 0.3) is 0 Å². The second-order valence-electron chi connectivity index (χ2n) is 8.13. The number of amides is 2. The Morgan fingerprint density at radius 3 is 2.23 bits per heavy atom. The first-order valence-electron chi connectivity index (χ1n) is 10.7. The third-order valence-corrected chi connectivity index (χ3v) is 7.56. The first-order chi connectivity index (χ1) is 14.9. The fraction of sp³-hybridized carbons (Fsp3) is 0.391. The standard InChI is InChI=1S/C23H27N3O4S/c27-22(18-8-12-20(13-9-18)31(29,30)26-14-4-5-15-26)25-21(23(28)24-19-10-11-19)16-17-6-2-1-3-7-17/h1-3,6-9,12-13,19,21H,4-5,10-11,14-16H2,(H,24,28)(H,25,27). The van der Waals surface area contributed by atoms with E-state index >= 15 is 0 Å². The van der Waals surface area contributed by atoms with Crippen molar-refractivity contribution in [3.05, 3.63) is 65.7 Å². The number of nitrogens with one attached hydrogen (secondary N) is 2. The van der Waals surface area contributed by atoms with E-state index in [-0.39, 0.29) is 16.8 Å². The topological polar surface area (TPSA) is 95.6 Å². The summed E-state index contributed by atoms with van der Waals surface area (Å²) in [4.78, 5) is 25.7. The Kier molecular flexibility index (Phi) is 6.38. The molecule has 1 aliphatic heterocycles. The minimum Gasteiger partial charge on any atom is -0.352 e. The molecule has 1 saturated carbocycles. The lowest BCUT2D eigenvalue weighted by molar-refractivity contribution is -0.123. The van der Waals surface area contributed by atoms with E-state index in [1.54, 1.807) is 0 Å². The smallest absolute Gasteiger partial charge is 0.251 e. The van der Waals surface area contributed by atoms with Crippen LogP contribution in [-0.2, 0) is 21.2 Å². The molecule has 1 heterocycles. The fourth-order valence-electron chi connectivity index (χ4n) is 3.69. The molecule has 2 fully saturated rings. The lowest BCUT2D eigenvalue weighted by atomic mass is 10.0. The summed E-state index contributed by atoms with van der Waals surface area (Å²) in [6.07, 6.45) is 4.04. The van der Waals surface area contributed by atoms with Crippen LogP contribution < -0.4 is 10.6 Å². The van der Waals surface area contributed by atoms with E-state index in [9.17, 15) is 18.0 Å². The van der Waals surface area contributed by atoms with Crippen molar-refractivity contribution in [2.75, 3.05) is 13.1 Å². The highest BCUT2D eigenvalue weighted by Crippen LogP contribution is 2.21. The molecule has 0 aromatic heterocycles. The predicted octanol–water partition coefficient (Wildman–Crippen LogP) is 2.09. The van der Waals surface area contributed by atoms with Gasteiger partial charge in [0.15, 0.2) is 0 Å². The molecule has 1 atom stereocenters. The molecule has 1 saturated heterocycles. The Morgan fingerprint density at radius 2 is 1.61 bits per heavy atom. The summed E-state index contributed by atoms with van der Waals surface area (Å²) >= 11 is 0. The zero-order valence-electron chi connectivity index (χ0n) is 17.3. The number of carbonyl (C=O) groups excluding carboxylic acids is 2. The van der Waals surface area contributed by atoms with Gasteiger partial charge in [-0.1, -0.05) is 30.3 Å². The minimum atomic E-state index is -3.53. The number of nitrogens with zero attached hydrogens (tertiary/aromatic N) is 1. The Hall–Kier alpha value is -2.71. The van der Waals surface area contributed by atoms with Crippen molar-refractivity contribution in [3.8, 4) is 0 Å². The maximum absolute atomic E-state index is 12.8. The summed E-state index contributed by atoms with van der Waals surface area (Å²) in [5.74, 6) is -0.607. The van der Waals surface area contributed by atoms with Gasteiger partial charge in [0.25, 0.3) is 5.91 Å². The zero-order valence-corrected chi connectivity index (χ0v) is 18.1. The van der Waals surface area contributed by atoms with E-state index in [0.29, 0.717) is 25.1 Å². The van der Waals surface area contributed by atoms with Crippen LogP contribution in [0.5, 0.6) is 0 Å². The van der Waals surface area contributed by atoms with E-state index in [4.69, 9.17) is 0 Å². The zero-order chi connectivity index (χ0) is 21.8. The van der Waals surface area contributed by atoms with Gasteiger partial charge in [0, 0.05) is 31.1 Å². The van der Waals surface area contributed by atoms with Gasteiger partial charge in [0.05, 0.1) is 4.90 Å². The van der Waals surface area contributed by atoms with Crippen LogP contribution in [0.15, 0.2) is 59.5 Å². The molecule has 8 heteroatoms. The molecule has 31 heavy (non-hydrogen) atoms. The monoisotopic (exact) mass is 441 g/mol. The highest BCUT2D eigenvalue weighted by atomic mass is 32.2. The molecule has 1 aliphatic carbocycles. The van der Waals surface area contributed by atoms with Gasteiger partial charge in [-0.3, -0.25) is 9.59 Å². The Morgan fingerprint density at radius 1 is 0.968 bits per heavy atom. The summed E-state index contributed by atoms with van der Waals surface area (Å²) in [6, 6.07) is 14.9. The van der Waals surface area contributed by atoms with Crippen molar-refractivity contribution < 1.29 is 18.0 Å². The van der Waals surface area contributed by atoms with Crippen molar-refractivity contribution in [3.63, 3.8) is 0 Å². The molecule has 0 radical (unpaired) electrons. The van der Waals surface area contributed by atoms with Gasteiger partial charge in [-0.05, 0) is 55.5 Å². The molecule has 1 unspecified atom stereocenters. The summed E-state index contributed by atoms with van der Waals surface area (Å²) in [6.45, 7) is 1.06. The summed E-state index contributed by atoms with van der Waals surface area (Å²) in [7, 11) is -3.53. The average molecular weight is 442 g/mol. The van der Waals surface area contributed by atoms with E-state index in [2.05, 4.69) is 10.6 Å². The molecule has 2 aliphatic rings. The third kappa shape index (κ3) is 5.32. The van der Waals surface area contributed by atoms with Gasteiger partial charge in [0.1, 0.15) is 6.04 Å². The number of rotatable bonds is 8. The molecule has 2 aromatic rings. The van der Waals surface area contributed by atoms with Gasteiger partial charge in [0.2, 0.25) is 15.9 Å². The maximum atomic E-state index is 12.8. The molecule has 0 bridgehead atoms. The number of carbonyl (C=O) groups is 2. The molecule has 164 valence electrons. The SMILES string of the molecule is O=C(NC(Cc1ccccc1)C(=O)NC1CC1)c1ccc(S(=O)(=O)N2CCCC2)cc1. The number of sulfonamides is 1. The number of hydrogen-bond donors (Lipinski definition) is 2. The van der Waals surface area contributed by atoms with Crippen molar-refractivity contribution >= 4 is 21.8 Å². The molecular weight excluding hydrogens is 414 g/mol. The second kappa shape index (κ2) is 9.20.